The number of sulfonamides is 2. The number of rotatable bonds is 14. The van der Waals surface area contributed by atoms with Crippen molar-refractivity contribution in [1.29, 1.82) is 10.5 Å². The molecule has 31 heteroatoms. The zero-order valence-corrected chi connectivity index (χ0v) is 43.5. The summed E-state index contributed by atoms with van der Waals surface area (Å²) in [5.41, 5.74) is 0.945. The molecule has 14 nitrogen and oxygen atoms in total. The Balaban J connectivity index is 0.000000270. The standard InChI is InChI=1S/C22H17BrF6N4O3S.C22H18F6N4O3S.2H2S/c1-10(22(27,28)29)32-37(34,35)12-5-6-14(31-9-12)20-13(8-30)17-15(33(20)11-3-2-4-11)7-16(36-21(25)26)19(24)18(17)23;1-11(22(26,27)28)31-36(33,34)13-5-6-17(30-10-13)20-15(9-29)14-7-16(23)19(35-21(24)25)8-18(14)32(20)12-3-2-4-12;;/h5-7,9-11,21,32H,2-4H2,1H3;5-8,10-12,21,31H,2-4H2,1H3;2*1H2/t10-;11-;;/m00../s1. The Morgan fingerprint density at radius 3 is 1.47 bits per heavy atom. The van der Waals surface area contributed by atoms with E-state index in [1.807, 2.05) is 12.1 Å². The molecule has 8 rings (SSSR count). The van der Waals surface area contributed by atoms with Crippen LogP contribution < -0.4 is 18.9 Å². The lowest BCUT2D eigenvalue weighted by molar-refractivity contribution is -0.147. The Bertz CT molecular complexity index is 3400. The number of halogens is 13. The van der Waals surface area contributed by atoms with Crippen LogP contribution in [-0.4, -0.2) is 73.6 Å². The molecule has 2 aliphatic rings. The van der Waals surface area contributed by atoms with Gasteiger partial charge in [-0.25, -0.2) is 25.6 Å². The number of nitrogens with one attached hydrogen (secondary N) is 2. The van der Waals surface area contributed by atoms with E-state index in [1.165, 1.54) is 21.6 Å². The predicted molar refractivity (Wildman–Crippen MR) is 259 cm³/mol. The van der Waals surface area contributed by atoms with Gasteiger partial charge in [0, 0.05) is 47.4 Å². The third-order valence-corrected chi connectivity index (χ3v) is 15.8. The van der Waals surface area contributed by atoms with E-state index in [4.69, 9.17) is 0 Å². The van der Waals surface area contributed by atoms with E-state index in [-0.39, 0.29) is 99.3 Å². The van der Waals surface area contributed by atoms with Crippen LogP contribution in [0.1, 0.15) is 75.6 Å². The van der Waals surface area contributed by atoms with E-state index in [9.17, 15) is 80.0 Å². The van der Waals surface area contributed by atoms with Crippen molar-refractivity contribution in [1.82, 2.24) is 28.5 Å². The number of alkyl halides is 10. The molecule has 2 aliphatic carbocycles. The van der Waals surface area contributed by atoms with Crippen LogP contribution in [0.5, 0.6) is 11.5 Å². The summed E-state index contributed by atoms with van der Waals surface area (Å²) in [7, 11) is -9.15. The van der Waals surface area contributed by atoms with E-state index < -0.39 is 90.6 Å². The predicted octanol–water partition coefficient (Wildman–Crippen LogP) is 11.5. The summed E-state index contributed by atoms with van der Waals surface area (Å²) < 4.78 is 222. The van der Waals surface area contributed by atoms with Crippen molar-refractivity contribution in [3.05, 3.63) is 82.1 Å². The normalized spacial score (nSPS) is 15.2. The van der Waals surface area contributed by atoms with Gasteiger partial charge >= 0.3 is 25.6 Å². The lowest BCUT2D eigenvalue weighted by atomic mass is 9.92. The van der Waals surface area contributed by atoms with Gasteiger partial charge in [0.15, 0.2) is 23.1 Å². The number of aromatic nitrogens is 4. The van der Waals surface area contributed by atoms with Crippen molar-refractivity contribution in [2.45, 2.75) is 112 Å². The van der Waals surface area contributed by atoms with Gasteiger partial charge in [0.05, 0.1) is 49.4 Å². The van der Waals surface area contributed by atoms with E-state index in [2.05, 4.69) is 35.4 Å². The number of hydrogen-bond donors (Lipinski definition) is 2. The zero-order valence-electron chi connectivity index (χ0n) is 38.3. The smallest absolute Gasteiger partial charge is 0.404 e. The molecule has 0 radical (unpaired) electrons. The number of nitriles is 2. The number of benzene rings is 2. The van der Waals surface area contributed by atoms with E-state index in [0.717, 1.165) is 55.6 Å². The monoisotopic (exact) mass is 1210 g/mol. The third-order valence-electron chi connectivity index (χ3n) is 12.0. The van der Waals surface area contributed by atoms with Gasteiger partial charge in [-0.05, 0) is 98.6 Å². The molecule has 4 heterocycles. The molecule has 2 aromatic carbocycles. The van der Waals surface area contributed by atoms with Crippen molar-refractivity contribution in [3.63, 3.8) is 0 Å². The van der Waals surface area contributed by atoms with Gasteiger partial charge in [0.2, 0.25) is 20.0 Å². The topological polar surface area (TPSA) is 194 Å². The summed E-state index contributed by atoms with van der Waals surface area (Å²) in [6.45, 7) is -5.27. The van der Waals surface area contributed by atoms with Crippen LogP contribution in [0.3, 0.4) is 0 Å². The van der Waals surface area contributed by atoms with Crippen molar-refractivity contribution < 1.29 is 79.0 Å². The molecule has 0 aliphatic heterocycles. The third kappa shape index (κ3) is 12.4. The largest absolute Gasteiger partial charge is 0.432 e. The number of ether oxygens (including phenoxy) is 2. The summed E-state index contributed by atoms with van der Waals surface area (Å²) in [5, 5.41) is 20.0. The Morgan fingerprint density at radius 2 is 1.09 bits per heavy atom. The van der Waals surface area contributed by atoms with Crippen molar-refractivity contribution >= 4 is 84.8 Å². The fraction of sp³-hybridized carbons (Fsp3) is 0.364. The van der Waals surface area contributed by atoms with Crippen LogP contribution >= 0.6 is 42.9 Å². The first-order valence-electron chi connectivity index (χ1n) is 21.3. The van der Waals surface area contributed by atoms with Crippen LogP contribution in [0.25, 0.3) is 44.6 Å². The van der Waals surface area contributed by atoms with E-state index >= 15 is 0 Å². The Hall–Kier alpha value is -5.44. The Kier molecular flexibility index (Phi) is 18.6. The highest BCUT2D eigenvalue weighted by Crippen LogP contribution is 2.47. The zero-order chi connectivity index (χ0) is 53.7. The Morgan fingerprint density at radius 1 is 0.680 bits per heavy atom. The van der Waals surface area contributed by atoms with Gasteiger partial charge in [-0.1, -0.05) is 0 Å². The maximum atomic E-state index is 14.8. The second-order valence-corrected chi connectivity index (χ2v) is 20.8. The highest BCUT2D eigenvalue weighted by atomic mass is 79.9. The molecule has 75 heavy (non-hydrogen) atoms. The van der Waals surface area contributed by atoms with Gasteiger partial charge in [0.25, 0.3) is 0 Å². The highest BCUT2D eigenvalue weighted by Gasteiger charge is 2.41. The minimum absolute atomic E-state index is 0. The van der Waals surface area contributed by atoms with Crippen LogP contribution in [-0.2, 0) is 20.0 Å². The maximum Gasteiger partial charge on any atom is 0.404 e. The quantitative estimate of drug-likeness (QED) is 0.0991. The molecular formula is C44H39BrF12N8O6S4. The SMILES string of the molecule is C[C@H](NS(=O)(=O)c1ccc(-c2c(C#N)c3c(Br)c(F)c(OC(F)F)cc3n2C2CCC2)nc1)C(F)(F)F.C[C@H](NS(=O)(=O)c1ccc(-c2c(C#N)c3cc(F)c(OC(F)F)cc3n2C2CCC2)nc1)C(F)(F)F.S.S. The number of nitrogens with zero attached hydrogens (tertiary/aromatic N) is 6. The second-order valence-electron chi connectivity index (χ2n) is 16.6. The molecule has 2 N–H and O–H groups in total. The molecular weight excluding hydrogens is 1170 g/mol. The summed E-state index contributed by atoms with van der Waals surface area (Å²) in [4.78, 5) is 7.07. The lowest BCUT2D eigenvalue weighted by Crippen LogP contribution is -2.42. The van der Waals surface area contributed by atoms with Gasteiger partial charge < -0.3 is 18.6 Å². The minimum atomic E-state index is -4.80. The van der Waals surface area contributed by atoms with Crippen molar-refractivity contribution in [2.75, 3.05) is 0 Å². The molecule has 0 amide bonds. The van der Waals surface area contributed by atoms with E-state index in [0.29, 0.717) is 39.5 Å². The molecule has 6 aromatic rings. The van der Waals surface area contributed by atoms with Crippen LogP contribution in [0.2, 0.25) is 0 Å². The molecule has 0 bridgehead atoms. The Labute approximate surface area is 441 Å². The number of fused-ring (bicyclic) bond motifs is 2. The van der Waals surface area contributed by atoms with Crippen LogP contribution in [0.15, 0.2) is 69.1 Å². The molecule has 0 spiro atoms. The molecule has 2 atom stereocenters. The van der Waals surface area contributed by atoms with Gasteiger partial charge in [-0.15, -0.1) is 0 Å². The van der Waals surface area contributed by atoms with Gasteiger partial charge in [-0.2, -0.15) is 90.9 Å². The average molecular weight is 1210 g/mol. The first-order valence-corrected chi connectivity index (χ1v) is 25.1. The minimum Gasteiger partial charge on any atom is -0.432 e. The van der Waals surface area contributed by atoms with Gasteiger partial charge in [-0.3, -0.25) is 9.97 Å². The van der Waals surface area contributed by atoms with Gasteiger partial charge in [0.1, 0.15) is 34.0 Å². The fourth-order valence-electron chi connectivity index (χ4n) is 7.92. The number of pyridine rings is 2. The molecule has 2 fully saturated rings. The molecule has 0 unspecified atom stereocenters. The summed E-state index contributed by atoms with van der Waals surface area (Å²) in [6, 6.07) is 6.40. The number of hydrogen-bond acceptors (Lipinski definition) is 10. The maximum absolute atomic E-state index is 14.8. The fourth-order valence-corrected chi connectivity index (χ4v) is 10.9. The molecule has 4 aromatic heterocycles. The first kappa shape index (κ1) is 60.4. The van der Waals surface area contributed by atoms with Crippen molar-refractivity contribution in [2.24, 2.45) is 0 Å². The molecule has 2 saturated carbocycles. The van der Waals surface area contributed by atoms with Crippen LogP contribution in [0.4, 0.5) is 52.7 Å². The van der Waals surface area contributed by atoms with Crippen LogP contribution in [0, 0.1) is 34.3 Å². The average Bonchev–Trinajstić information content (AvgIpc) is 3.74. The second kappa shape index (κ2) is 23.0. The first-order chi connectivity index (χ1) is 34.1. The van der Waals surface area contributed by atoms with Crippen molar-refractivity contribution in [3.8, 4) is 46.4 Å². The molecule has 0 saturated heterocycles. The summed E-state index contributed by atoms with van der Waals surface area (Å²) >= 11 is 3.03. The molecule has 406 valence electrons. The van der Waals surface area contributed by atoms with E-state index in [1.54, 1.807) is 9.13 Å². The highest BCUT2D eigenvalue weighted by molar-refractivity contribution is 9.10. The summed E-state index contributed by atoms with van der Waals surface area (Å²) in [6.07, 6.45) is -3.56. The summed E-state index contributed by atoms with van der Waals surface area (Å²) in [5.74, 6) is -3.68. The lowest BCUT2D eigenvalue weighted by Gasteiger charge is -2.30.